The number of methoxy groups -OCH3 is 2. The van der Waals surface area contributed by atoms with E-state index in [0.717, 1.165) is 28.0 Å². The van der Waals surface area contributed by atoms with Crippen molar-refractivity contribution in [2.75, 3.05) is 32.8 Å². The summed E-state index contributed by atoms with van der Waals surface area (Å²) in [5.41, 5.74) is 5.36. The van der Waals surface area contributed by atoms with Gasteiger partial charge in [0, 0.05) is 19.9 Å². The fourth-order valence-corrected chi connectivity index (χ4v) is 3.56. The van der Waals surface area contributed by atoms with Crippen molar-refractivity contribution in [1.29, 1.82) is 0 Å². The molecular weight excluding hydrogens is 366 g/mol. The first-order chi connectivity index (χ1) is 12.9. The lowest BCUT2D eigenvalue weighted by Gasteiger charge is -2.16. The minimum absolute atomic E-state index is 0.0793. The fraction of sp³-hybridized carbons (Fsp3) is 0.421. The Kier molecular flexibility index (Phi) is 5.94. The van der Waals surface area contributed by atoms with Crippen LogP contribution >= 0.6 is 11.6 Å². The van der Waals surface area contributed by atoms with E-state index in [4.69, 9.17) is 21.1 Å². The van der Waals surface area contributed by atoms with Gasteiger partial charge in [-0.25, -0.2) is 9.67 Å². The number of halogens is 1. The van der Waals surface area contributed by atoms with E-state index < -0.39 is 0 Å². The molecule has 0 spiro atoms. The van der Waals surface area contributed by atoms with E-state index in [2.05, 4.69) is 26.7 Å². The number of fused-ring (bicyclic) bond motifs is 1. The van der Waals surface area contributed by atoms with Crippen molar-refractivity contribution < 1.29 is 9.47 Å². The number of nitrogens with one attached hydrogen (secondary N) is 1. The van der Waals surface area contributed by atoms with E-state index in [-0.39, 0.29) is 6.04 Å². The van der Waals surface area contributed by atoms with Crippen LogP contribution < -0.4 is 5.32 Å². The zero-order valence-electron chi connectivity index (χ0n) is 16.2. The standard InChI is InChI=1S/C19H24ClN5O2/c1-11-6-12(2)17(15(20)7-11)22-19-18-16(8-13(3)21-19)25(24-23-18)14(9-26-4)10-27-5/h6-8,14H,9-10H2,1-5H3,(H,21,22). The third kappa shape index (κ3) is 4.05. The van der Waals surface area contributed by atoms with E-state index in [1.165, 1.54) is 0 Å². The predicted octanol–water partition coefficient (Wildman–Crippen LogP) is 3.98. The van der Waals surface area contributed by atoms with Crippen molar-refractivity contribution in [2.24, 2.45) is 0 Å². The molecule has 144 valence electrons. The average Bonchev–Trinajstić information content (AvgIpc) is 3.01. The molecule has 3 aromatic rings. The smallest absolute Gasteiger partial charge is 0.160 e. The van der Waals surface area contributed by atoms with Crippen molar-refractivity contribution >= 4 is 34.1 Å². The van der Waals surface area contributed by atoms with Crippen molar-refractivity contribution in [1.82, 2.24) is 20.0 Å². The van der Waals surface area contributed by atoms with E-state index in [1.54, 1.807) is 14.2 Å². The first-order valence-electron chi connectivity index (χ1n) is 8.68. The third-order valence-electron chi connectivity index (χ3n) is 4.33. The summed E-state index contributed by atoms with van der Waals surface area (Å²) in [5.74, 6) is 0.624. The predicted molar refractivity (Wildman–Crippen MR) is 107 cm³/mol. The molecule has 7 nitrogen and oxygen atoms in total. The van der Waals surface area contributed by atoms with Gasteiger partial charge in [-0.2, -0.15) is 0 Å². The van der Waals surface area contributed by atoms with Crippen LogP contribution in [0.5, 0.6) is 0 Å². The highest BCUT2D eigenvalue weighted by Crippen LogP contribution is 2.32. The lowest BCUT2D eigenvalue weighted by Crippen LogP contribution is -2.21. The number of hydrogen-bond acceptors (Lipinski definition) is 6. The SMILES string of the molecule is COCC(COC)n1nnc2c(Nc3c(C)cc(C)cc3Cl)nc(C)cc21. The lowest BCUT2D eigenvalue weighted by molar-refractivity contribution is 0.0850. The molecule has 2 aromatic heterocycles. The fourth-order valence-electron chi connectivity index (χ4n) is 3.19. The highest BCUT2D eigenvalue weighted by atomic mass is 35.5. The van der Waals surface area contributed by atoms with Gasteiger partial charge in [-0.1, -0.05) is 22.9 Å². The van der Waals surface area contributed by atoms with Gasteiger partial charge >= 0.3 is 0 Å². The Morgan fingerprint density at radius 2 is 1.81 bits per heavy atom. The third-order valence-corrected chi connectivity index (χ3v) is 4.63. The second-order valence-electron chi connectivity index (χ2n) is 6.64. The second kappa shape index (κ2) is 8.21. The molecule has 0 radical (unpaired) electrons. The molecule has 8 heteroatoms. The summed E-state index contributed by atoms with van der Waals surface area (Å²) in [6.07, 6.45) is 0. The van der Waals surface area contributed by atoms with Crippen LogP contribution in [0.15, 0.2) is 18.2 Å². The first-order valence-corrected chi connectivity index (χ1v) is 9.06. The van der Waals surface area contributed by atoms with Crippen LogP contribution in [-0.4, -0.2) is 47.4 Å². The summed E-state index contributed by atoms with van der Waals surface area (Å²) < 4.78 is 12.4. The number of anilines is 2. The van der Waals surface area contributed by atoms with E-state index in [9.17, 15) is 0 Å². The maximum atomic E-state index is 6.45. The largest absolute Gasteiger partial charge is 0.382 e. The molecule has 0 saturated heterocycles. The summed E-state index contributed by atoms with van der Waals surface area (Å²) in [5, 5.41) is 12.7. The number of nitrogens with zero attached hydrogens (tertiary/aromatic N) is 4. The number of aromatic nitrogens is 4. The number of aryl methyl sites for hydroxylation is 3. The Labute approximate surface area is 163 Å². The number of pyridine rings is 1. The van der Waals surface area contributed by atoms with Gasteiger partial charge in [0.15, 0.2) is 11.3 Å². The zero-order chi connectivity index (χ0) is 19.6. The van der Waals surface area contributed by atoms with E-state index in [1.807, 2.05) is 37.6 Å². The van der Waals surface area contributed by atoms with Crippen LogP contribution in [0.2, 0.25) is 5.02 Å². The molecule has 0 fully saturated rings. The molecule has 1 aromatic carbocycles. The Morgan fingerprint density at radius 1 is 1.11 bits per heavy atom. The molecular formula is C19H24ClN5O2. The highest BCUT2D eigenvalue weighted by Gasteiger charge is 2.19. The number of hydrogen-bond donors (Lipinski definition) is 1. The maximum Gasteiger partial charge on any atom is 0.160 e. The van der Waals surface area contributed by atoms with Crippen LogP contribution in [0.3, 0.4) is 0 Å². The van der Waals surface area contributed by atoms with Crippen LogP contribution in [0.25, 0.3) is 11.0 Å². The summed E-state index contributed by atoms with van der Waals surface area (Å²) in [6.45, 7) is 6.91. The normalized spacial score (nSPS) is 11.5. The van der Waals surface area contributed by atoms with Crippen molar-refractivity contribution in [3.8, 4) is 0 Å². The number of benzene rings is 1. The van der Waals surface area contributed by atoms with Crippen molar-refractivity contribution in [3.63, 3.8) is 0 Å². The van der Waals surface area contributed by atoms with Crippen LogP contribution in [0.1, 0.15) is 22.9 Å². The van der Waals surface area contributed by atoms with Crippen LogP contribution in [-0.2, 0) is 9.47 Å². The summed E-state index contributed by atoms with van der Waals surface area (Å²) in [7, 11) is 3.31. The van der Waals surface area contributed by atoms with Gasteiger partial charge in [0.05, 0.1) is 29.4 Å². The zero-order valence-corrected chi connectivity index (χ0v) is 17.0. The van der Waals surface area contributed by atoms with Crippen molar-refractivity contribution in [3.05, 3.63) is 40.0 Å². The molecule has 3 rings (SSSR count). The molecule has 1 N–H and O–H groups in total. The summed E-state index contributed by atoms with van der Waals surface area (Å²) in [6, 6.07) is 5.88. The molecule has 0 aliphatic heterocycles. The van der Waals surface area contributed by atoms with Gasteiger partial charge in [-0.15, -0.1) is 5.10 Å². The average molecular weight is 390 g/mol. The van der Waals surface area contributed by atoms with E-state index >= 15 is 0 Å². The summed E-state index contributed by atoms with van der Waals surface area (Å²) >= 11 is 6.45. The van der Waals surface area contributed by atoms with Gasteiger partial charge in [-0.05, 0) is 44.0 Å². The van der Waals surface area contributed by atoms with Crippen molar-refractivity contribution in [2.45, 2.75) is 26.8 Å². The molecule has 0 saturated carbocycles. The van der Waals surface area contributed by atoms with Gasteiger partial charge in [-0.3, -0.25) is 0 Å². The lowest BCUT2D eigenvalue weighted by atomic mass is 10.1. The molecule has 0 unspecified atom stereocenters. The minimum Gasteiger partial charge on any atom is -0.382 e. The first kappa shape index (κ1) is 19.5. The Balaban J connectivity index is 2.08. The highest BCUT2D eigenvalue weighted by molar-refractivity contribution is 6.33. The Bertz CT molecular complexity index is 928. The van der Waals surface area contributed by atoms with Crippen LogP contribution in [0.4, 0.5) is 11.5 Å². The maximum absolute atomic E-state index is 6.45. The van der Waals surface area contributed by atoms with E-state index in [0.29, 0.717) is 29.6 Å². The molecule has 2 heterocycles. The molecule has 27 heavy (non-hydrogen) atoms. The number of rotatable bonds is 7. The summed E-state index contributed by atoms with van der Waals surface area (Å²) in [4.78, 5) is 4.62. The number of ether oxygens (including phenoxy) is 2. The monoisotopic (exact) mass is 389 g/mol. The second-order valence-corrected chi connectivity index (χ2v) is 7.05. The molecule has 0 aliphatic rings. The van der Waals surface area contributed by atoms with Gasteiger partial charge in [0.25, 0.3) is 0 Å². The molecule has 0 aliphatic carbocycles. The Morgan fingerprint density at radius 3 is 2.44 bits per heavy atom. The Hall–Kier alpha value is -2.22. The molecule has 0 bridgehead atoms. The van der Waals surface area contributed by atoms with Gasteiger partial charge < -0.3 is 14.8 Å². The minimum atomic E-state index is -0.0793. The quantitative estimate of drug-likeness (QED) is 0.658. The molecule has 0 amide bonds. The topological polar surface area (TPSA) is 74.1 Å². The molecule has 0 atom stereocenters. The van der Waals surface area contributed by atoms with Crippen LogP contribution in [0, 0.1) is 20.8 Å². The van der Waals surface area contributed by atoms with Gasteiger partial charge in [0.2, 0.25) is 0 Å². The van der Waals surface area contributed by atoms with Gasteiger partial charge in [0.1, 0.15) is 6.04 Å².